The van der Waals surface area contributed by atoms with Gasteiger partial charge in [0.15, 0.2) is 0 Å². The van der Waals surface area contributed by atoms with E-state index in [1.807, 2.05) is 18.2 Å². The van der Waals surface area contributed by atoms with Crippen LogP contribution in [0.5, 0.6) is 5.75 Å². The summed E-state index contributed by atoms with van der Waals surface area (Å²) in [5.41, 5.74) is 3.87. The first-order chi connectivity index (χ1) is 11.5. The minimum absolute atomic E-state index is 0.164. The number of nitrogens with zero attached hydrogens (tertiary/aromatic N) is 2. The molecule has 124 valence electrons. The molecule has 0 radical (unpaired) electrons. The van der Waals surface area contributed by atoms with Crippen LogP contribution in [0.25, 0.3) is 0 Å². The van der Waals surface area contributed by atoms with Gasteiger partial charge >= 0.3 is 0 Å². The summed E-state index contributed by atoms with van der Waals surface area (Å²) in [6.45, 7) is 4.47. The van der Waals surface area contributed by atoms with Crippen LogP contribution in [0.1, 0.15) is 31.4 Å². The second kappa shape index (κ2) is 5.00. The number of oxime groups is 1. The fraction of sp³-hybridized carbons (Fsp3) is 0.350. The molecule has 0 saturated carbocycles. The van der Waals surface area contributed by atoms with Gasteiger partial charge in [-0.1, -0.05) is 35.5 Å². The van der Waals surface area contributed by atoms with E-state index in [-0.39, 0.29) is 5.41 Å². The molecule has 0 saturated heterocycles. The average molecular weight is 322 g/mol. The lowest BCUT2D eigenvalue weighted by molar-refractivity contribution is -0.0591. The van der Waals surface area contributed by atoms with Crippen molar-refractivity contribution in [1.82, 2.24) is 0 Å². The maximum absolute atomic E-state index is 6.13. The molecular weight excluding hydrogens is 300 g/mol. The third-order valence-corrected chi connectivity index (χ3v) is 5.57. The monoisotopic (exact) mass is 322 g/mol. The van der Waals surface area contributed by atoms with E-state index in [4.69, 9.17) is 9.57 Å². The van der Waals surface area contributed by atoms with Gasteiger partial charge in [0, 0.05) is 18.3 Å². The molecule has 4 heteroatoms. The van der Waals surface area contributed by atoms with Crippen molar-refractivity contribution in [2.24, 2.45) is 5.16 Å². The van der Waals surface area contributed by atoms with Crippen LogP contribution >= 0.6 is 0 Å². The van der Waals surface area contributed by atoms with Crippen molar-refractivity contribution in [3.8, 4) is 5.75 Å². The maximum Gasteiger partial charge on any atom is 0.224 e. The zero-order valence-electron chi connectivity index (χ0n) is 14.5. The molecule has 2 heterocycles. The summed E-state index contributed by atoms with van der Waals surface area (Å²) in [6, 6.07) is 16.5. The second-order valence-electron chi connectivity index (χ2n) is 7.02. The van der Waals surface area contributed by atoms with Crippen molar-refractivity contribution in [3.63, 3.8) is 0 Å². The normalized spacial score (nSPS) is 23.8. The SMILES string of the molecule is COc1cccc(C2=NOC3(C2)N(C)c2ccccc2C3(C)C)c1. The molecule has 1 unspecified atom stereocenters. The predicted octanol–water partition coefficient (Wildman–Crippen LogP) is 3.94. The first kappa shape index (κ1) is 15.1. The van der Waals surface area contributed by atoms with Gasteiger partial charge in [0.1, 0.15) is 5.75 Å². The van der Waals surface area contributed by atoms with Crippen molar-refractivity contribution >= 4 is 11.4 Å². The zero-order chi connectivity index (χ0) is 16.9. The summed E-state index contributed by atoms with van der Waals surface area (Å²) >= 11 is 0. The summed E-state index contributed by atoms with van der Waals surface area (Å²) in [5, 5.41) is 4.47. The highest BCUT2D eigenvalue weighted by Gasteiger charge is 2.61. The Morgan fingerprint density at radius 2 is 1.92 bits per heavy atom. The number of hydrogen-bond donors (Lipinski definition) is 0. The Balaban J connectivity index is 1.72. The molecule has 0 amide bonds. The van der Waals surface area contributed by atoms with Gasteiger partial charge in [0.05, 0.1) is 24.7 Å². The number of anilines is 1. The van der Waals surface area contributed by atoms with Crippen LogP contribution in [0, 0.1) is 0 Å². The van der Waals surface area contributed by atoms with Gasteiger partial charge in [-0.2, -0.15) is 0 Å². The largest absolute Gasteiger partial charge is 0.497 e. The summed E-state index contributed by atoms with van der Waals surface area (Å²) in [4.78, 5) is 8.36. The van der Waals surface area contributed by atoms with Gasteiger partial charge in [-0.15, -0.1) is 0 Å². The number of para-hydroxylation sites is 1. The number of hydrogen-bond acceptors (Lipinski definition) is 4. The van der Waals surface area contributed by atoms with E-state index in [0.29, 0.717) is 0 Å². The van der Waals surface area contributed by atoms with Gasteiger partial charge in [-0.3, -0.25) is 0 Å². The van der Waals surface area contributed by atoms with E-state index in [9.17, 15) is 0 Å². The van der Waals surface area contributed by atoms with E-state index in [2.05, 4.69) is 61.3 Å². The fourth-order valence-corrected chi connectivity index (χ4v) is 4.01. The Hall–Kier alpha value is -2.49. The number of fused-ring (bicyclic) bond motifs is 1. The standard InChI is InChI=1S/C20H22N2O2/c1-19(2)16-10-5-6-11-18(16)22(3)20(19)13-17(21-24-20)14-8-7-9-15(12-14)23-4/h5-12H,13H2,1-4H3. The van der Waals surface area contributed by atoms with E-state index >= 15 is 0 Å². The predicted molar refractivity (Wildman–Crippen MR) is 95.8 cm³/mol. The van der Waals surface area contributed by atoms with Crippen LogP contribution in [-0.2, 0) is 10.3 Å². The minimum atomic E-state index is -0.491. The first-order valence-electron chi connectivity index (χ1n) is 8.22. The molecule has 2 aromatic rings. The average Bonchev–Trinajstić information content (AvgIpc) is 3.13. The molecule has 4 rings (SSSR count). The van der Waals surface area contributed by atoms with Crippen LogP contribution in [0.3, 0.4) is 0 Å². The number of rotatable bonds is 2. The molecule has 2 aliphatic rings. The molecule has 24 heavy (non-hydrogen) atoms. The number of ether oxygens (including phenoxy) is 1. The maximum atomic E-state index is 6.13. The van der Waals surface area contributed by atoms with Crippen molar-refractivity contribution < 1.29 is 9.57 Å². The molecule has 2 aliphatic heterocycles. The summed E-state index contributed by atoms with van der Waals surface area (Å²) < 4.78 is 5.34. The van der Waals surface area contributed by atoms with Crippen molar-refractivity contribution in [2.45, 2.75) is 31.4 Å². The number of likely N-dealkylation sites (N-methyl/N-ethyl adjacent to an activating group) is 1. The third-order valence-electron chi connectivity index (χ3n) is 5.57. The second-order valence-corrected chi connectivity index (χ2v) is 7.02. The summed E-state index contributed by atoms with van der Waals surface area (Å²) in [6.07, 6.45) is 0.734. The zero-order valence-corrected chi connectivity index (χ0v) is 14.5. The lowest BCUT2D eigenvalue weighted by Crippen LogP contribution is -2.54. The van der Waals surface area contributed by atoms with Crippen LogP contribution in [-0.4, -0.2) is 25.6 Å². The quantitative estimate of drug-likeness (QED) is 0.840. The summed E-state index contributed by atoms with van der Waals surface area (Å²) in [5.74, 6) is 0.832. The Morgan fingerprint density at radius 3 is 2.67 bits per heavy atom. The molecule has 0 bridgehead atoms. The molecule has 0 aromatic heterocycles. The van der Waals surface area contributed by atoms with Gasteiger partial charge in [0.2, 0.25) is 5.72 Å². The van der Waals surface area contributed by atoms with Crippen LogP contribution < -0.4 is 9.64 Å². The summed E-state index contributed by atoms with van der Waals surface area (Å²) in [7, 11) is 3.77. The van der Waals surface area contributed by atoms with E-state index in [0.717, 1.165) is 23.4 Å². The fourth-order valence-electron chi connectivity index (χ4n) is 4.01. The molecule has 4 nitrogen and oxygen atoms in total. The van der Waals surface area contributed by atoms with Gasteiger partial charge in [0.25, 0.3) is 0 Å². The smallest absolute Gasteiger partial charge is 0.224 e. The highest BCUT2D eigenvalue weighted by atomic mass is 16.7. The first-order valence-corrected chi connectivity index (χ1v) is 8.22. The number of benzene rings is 2. The van der Waals surface area contributed by atoms with Crippen molar-refractivity contribution in [2.75, 3.05) is 19.1 Å². The van der Waals surface area contributed by atoms with Gasteiger partial charge in [-0.05, 0) is 37.6 Å². The van der Waals surface area contributed by atoms with Gasteiger partial charge < -0.3 is 14.5 Å². The highest BCUT2D eigenvalue weighted by Crippen LogP contribution is 2.55. The Labute approximate surface area is 142 Å². The lowest BCUT2D eigenvalue weighted by Gasteiger charge is -2.40. The molecule has 1 spiro atoms. The minimum Gasteiger partial charge on any atom is -0.497 e. The van der Waals surface area contributed by atoms with Crippen LogP contribution in [0.15, 0.2) is 53.7 Å². The third kappa shape index (κ3) is 1.83. The van der Waals surface area contributed by atoms with Gasteiger partial charge in [-0.25, -0.2) is 0 Å². The van der Waals surface area contributed by atoms with Crippen LogP contribution in [0.2, 0.25) is 0 Å². The van der Waals surface area contributed by atoms with E-state index in [1.54, 1.807) is 7.11 Å². The van der Waals surface area contributed by atoms with Crippen LogP contribution in [0.4, 0.5) is 5.69 Å². The Kier molecular flexibility index (Phi) is 3.14. The van der Waals surface area contributed by atoms with E-state index in [1.165, 1.54) is 11.3 Å². The molecule has 1 atom stereocenters. The molecule has 0 aliphatic carbocycles. The molecular formula is C20H22N2O2. The number of methoxy groups -OCH3 is 1. The van der Waals surface area contributed by atoms with Crippen molar-refractivity contribution in [1.29, 1.82) is 0 Å². The lowest BCUT2D eigenvalue weighted by atomic mass is 9.75. The highest BCUT2D eigenvalue weighted by molar-refractivity contribution is 6.02. The molecule has 2 aromatic carbocycles. The van der Waals surface area contributed by atoms with Crippen molar-refractivity contribution in [3.05, 3.63) is 59.7 Å². The Bertz CT molecular complexity index is 828. The topological polar surface area (TPSA) is 34.1 Å². The Morgan fingerprint density at radius 1 is 1.12 bits per heavy atom. The molecule has 0 fully saturated rings. The molecule has 0 N–H and O–H groups in total. The van der Waals surface area contributed by atoms with E-state index < -0.39 is 5.72 Å².